The number of ether oxygens (including phenoxy) is 2. The molecule has 10 heteroatoms. The Morgan fingerprint density at radius 1 is 1.04 bits per heavy atom. The largest absolute Gasteiger partial charge is 0.491 e. The van der Waals surface area contributed by atoms with Gasteiger partial charge in [-0.15, -0.1) is 0 Å². The van der Waals surface area contributed by atoms with Crippen LogP contribution in [0.3, 0.4) is 0 Å². The average molecular weight is 658 g/mol. The van der Waals surface area contributed by atoms with Crippen LogP contribution in [0, 0.1) is 31.1 Å². The third-order valence-electron chi connectivity index (χ3n) is 8.42. The number of sulfonamides is 1. The number of aryl methyl sites for hydroxylation is 1. The molecule has 4 aromatic rings. The third-order valence-corrected chi connectivity index (χ3v) is 9.75. The summed E-state index contributed by atoms with van der Waals surface area (Å²) in [6.45, 7) is 17.8. The first-order chi connectivity index (χ1) is 22.2. The van der Waals surface area contributed by atoms with Crippen LogP contribution in [0.2, 0.25) is 0 Å². The average Bonchev–Trinajstić information content (AvgIpc) is 2.99. The van der Waals surface area contributed by atoms with Crippen LogP contribution >= 0.6 is 0 Å². The molecular weight excluding hydrogens is 611 g/mol. The normalized spacial score (nSPS) is 17.6. The fraction of sp³-hybridized carbons (Fsp3) is 0.459. The monoisotopic (exact) mass is 657 g/mol. The van der Waals surface area contributed by atoms with E-state index < -0.39 is 10.0 Å². The maximum absolute atomic E-state index is 13.9. The number of benzene rings is 2. The first-order valence-corrected chi connectivity index (χ1v) is 17.9. The molecule has 9 nitrogen and oxygen atoms in total. The molecule has 47 heavy (non-hydrogen) atoms. The predicted octanol–water partition coefficient (Wildman–Crippen LogP) is 7.72. The molecule has 0 fully saturated rings. The van der Waals surface area contributed by atoms with E-state index in [1.54, 1.807) is 30.6 Å². The summed E-state index contributed by atoms with van der Waals surface area (Å²) < 4.78 is 42.7. The molecule has 2 aromatic heterocycles. The Morgan fingerprint density at radius 3 is 2.45 bits per heavy atom. The lowest BCUT2D eigenvalue weighted by atomic mass is 9.75. The van der Waals surface area contributed by atoms with Crippen molar-refractivity contribution in [1.29, 1.82) is 0 Å². The van der Waals surface area contributed by atoms with Crippen molar-refractivity contribution in [3.05, 3.63) is 82.9 Å². The van der Waals surface area contributed by atoms with Crippen LogP contribution in [0.5, 0.6) is 11.6 Å². The zero-order chi connectivity index (χ0) is 33.9. The van der Waals surface area contributed by atoms with E-state index in [-0.39, 0.29) is 28.1 Å². The number of hydrogen-bond acceptors (Lipinski definition) is 8. The van der Waals surface area contributed by atoms with Crippen molar-refractivity contribution in [3.8, 4) is 22.9 Å². The van der Waals surface area contributed by atoms with Gasteiger partial charge in [0.25, 0.3) is 10.0 Å². The summed E-state index contributed by atoms with van der Waals surface area (Å²) in [5, 5.41) is 0. The smallest absolute Gasteiger partial charge is 0.264 e. The summed E-state index contributed by atoms with van der Waals surface area (Å²) in [4.78, 5) is 18.8. The molecule has 1 aliphatic heterocycles. The van der Waals surface area contributed by atoms with Gasteiger partial charge in [-0.2, -0.15) is 4.98 Å². The molecule has 250 valence electrons. The van der Waals surface area contributed by atoms with E-state index in [1.807, 2.05) is 19.9 Å². The Bertz CT molecular complexity index is 1820. The lowest BCUT2D eigenvalue weighted by Crippen LogP contribution is -2.28. The highest BCUT2D eigenvalue weighted by atomic mass is 32.2. The van der Waals surface area contributed by atoms with E-state index in [1.165, 1.54) is 0 Å². The van der Waals surface area contributed by atoms with Gasteiger partial charge in [0.15, 0.2) is 5.75 Å². The molecule has 1 N–H and O–H groups in total. The fourth-order valence-corrected chi connectivity index (χ4v) is 7.43. The second-order valence-electron chi connectivity index (χ2n) is 14.1. The van der Waals surface area contributed by atoms with Crippen molar-refractivity contribution in [2.45, 2.75) is 85.5 Å². The van der Waals surface area contributed by atoms with E-state index in [4.69, 9.17) is 14.5 Å². The van der Waals surface area contributed by atoms with E-state index in [0.29, 0.717) is 48.7 Å². The predicted molar refractivity (Wildman–Crippen MR) is 185 cm³/mol. The number of rotatable bonds is 8. The lowest BCUT2D eigenvalue weighted by Gasteiger charge is -2.33. The Labute approximate surface area is 279 Å². The number of anilines is 1. The minimum Gasteiger partial charge on any atom is -0.491 e. The quantitative estimate of drug-likeness (QED) is 0.205. The summed E-state index contributed by atoms with van der Waals surface area (Å²) in [6.07, 6.45) is 5.54. The Hall–Kier alpha value is -4.05. The van der Waals surface area contributed by atoms with Gasteiger partial charge in [-0.25, -0.2) is 28.1 Å². The highest BCUT2D eigenvalue weighted by molar-refractivity contribution is 7.92. The molecule has 1 unspecified atom stereocenters. The maximum atomic E-state index is 13.9. The van der Waals surface area contributed by atoms with Crippen molar-refractivity contribution < 1.29 is 17.9 Å². The Morgan fingerprint density at radius 2 is 1.77 bits per heavy atom. The van der Waals surface area contributed by atoms with Gasteiger partial charge in [-0.3, -0.25) is 0 Å². The van der Waals surface area contributed by atoms with Crippen molar-refractivity contribution in [2.75, 3.05) is 17.9 Å². The summed E-state index contributed by atoms with van der Waals surface area (Å²) in [6, 6.07) is 13.3. The van der Waals surface area contributed by atoms with Gasteiger partial charge < -0.3 is 9.47 Å². The summed E-state index contributed by atoms with van der Waals surface area (Å²) in [7, 11) is -4.04. The highest BCUT2D eigenvalue weighted by Crippen LogP contribution is 2.40. The Kier molecular flexibility index (Phi) is 10.2. The first-order valence-electron chi connectivity index (χ1n) is 16.4. The van der Waals surface area contributed by atoms with Crippen LogP contribution in [-0.2, 0) is 22.9 Å². The molecule has 0 saturated carbocycles. The molecular formula is C37H47N5O4S. The molecule has 0 saturated heterocycles. The topological polar surface area (TPSA) is 116 Å². The summed E-state index contributed by atoms with van der Waals surface area (Å²) >= 11 is 0. The van der Waals surface area contributed by atoms with Crippen molar-refractivity contribution in [1.82, 2.24) is 19.9 Å². The van der Waals surface area contributed by atoms with Gasteiger partial charge in [0.2, 0.25) is 11.8 Å². The van der Waals surface area contributed by atoms with Crippen LogP contribution in [0.1, 0.15) is 82.0 Å². The summed E-state index contributed by atoms with van der Waals surface area (Å²) in [5.41, 5.74) is 5.46. The number of nitrogens with one attached hydrogen (secondary N) is 1. The first kappa shape index (κ1) is 34.3. The molecule has 4 bridgehead atoms. The molecule has 1 aliphatic rings. The second-order valence-corrected chi connectivity index (χ2v) is 15.8. The molecule has 0 spiro atoms. The number of fused-ring (bicyclic) bond motifs is 4. The van der Waals surface area contributed by atoms with E-state index in [0.717, 1.165) is 40.7 Å². The summed E-state index contributed by atoms with van der Waals surface area (Å²) in [5.74, 6) is 1.87. The SMILES string of the molecule is CCOc1cnc(CC2c3cccc(c3)S(=O)(=O)Nc3nc(c(C)c(-c4c(C)cccc4CC(C)C)n3)OC[C@H]2CC(C)(C)C)nc1. The third kappa shape index (κ3) is 8.27. The fourth-order valence-electron chi connectivity index (χ4n) is 6.43. The van der Waals surface area contributed by atoms with E-state index in [9.17, 15) is 8.42 Å². The van der Waals surface area contributed by atoms with Gasteiger partial charge in [0.05, 0.1) is 36.2 Å². The standard InChI is InChI=1S/C37H47N5O4S/c1-9-45-29-20-38-32(39-21-29)18-31-26-13-11-15-30(17-26)47(43,44)42-36-40-34(33-24(4)12-10-14-27(33)16-23(2)3)25(5)35(41-36)46-22-28(31)19-37(6,7)8/h10-15,17,20-21,23,28,31H,9,16,18-19,22H2,1-8H3,(H,40,41,42)/t28-,31?/m1/s1. The highest BCUT2D eigenvalue weighted by Gasteiger charge is 2.32. The van der Waals surface area contributed by atoms with Crippen LogP contribution < -0.4 is 14.2 Å². The number of hydrogen-bond donors (Lipinski definition) is 1. The molecule has 2 atom stereocenters. The van der Waals surface area contributed by atoms with E-state index in [2.05, 4.69) is 79.4 Å². The van der Waals surface area contributed by atoms with Crippen LogP contribution in [0.25, 0.3) is 11.3 Å². The zero-order valence-corrected chi connectivity index (χ0v) is 29.6. The van der Waals surface area contributed by atoms with Gasteiger partial charge >= 0.3 is 0 Å². The lowest BCUT2D eigenvalue weighted by molar-refractivity contribution is 0.165. The molecule has 0 radical (unpaired) electrons. The number of aromatic nitrogens is 4. The van der Waals surface area contributed by atoms with Crippen molar-refractivity contribution in [2.24, 2.45) is 17.3 Å². The van der Waals surface area contributed by atoms with E-state index >= 15 is 0 Å². The van der Waals surface area contributed by atoms with Gasteiger partial charge in [-0.05, 0) is 79.7 Å². The van der Waals surface area contributed by atoms with Crippen molar-refractivity contribution in [3.63, 3.8) is 0 Å². The van der Waals surface area contributed by atoms with Crippen LogP contribution in [0.4, 0.5) is 5.95 Å². The minimum absolute atomic E-state index is 0.0166. The minimum atomic E-state index is -4.04. The molecule has 5 rings (SSSR count). The second kappa shape index (κ2) is 14.0. The van der Waals surface area contributed by atoms with Gasteiger partial charge in [0.1, 0.15) is 5.82 Å². The molecule has 3 heterocycles. The zero-order valence-electron chi connectivity index (χ0n) is 28.8. The van der Waals surface area contributed by atoms with Gasteiger partial charge in [-0.1, -0.05) is 65.0 Å². The van der Waals surface area contributed by atoms with Crippen LogP contribution in [0.15, 0.2) is 59.8 Å². The molecule has 2 aromatic carbocycles. The van der Waals surface area contributed by atoms with Gasteiger partial charge in [0, 0.05) is 23.5 Å². The molecule has 0 aliphatic carbocycles. The maximum Gasteiger partial charge on any atom is 0.264 e. The molecule has 0 amide bonds. The van der Waals surface area contributed by atoms with Crippen LogP contribution in [-0.4, -0.2) is 41.6 Å². The Balaban J connectivity index is 1.67. The van der Waals surface area contributed by atoms with Crippen molar-refractivity contribution >= 4 is 16.0 Å². The number of nitrogens with zero attached hydrogens (tertiary/aromatic N) is 4.